The van der Waals surface area contributed by atoms with Crippen molar-refractivity contribution >= 4 is 11.9 Å². The molecule has 2 aromatic rings. The number of hydrogen-bond donors (Lipinski definition) is 3. The smallest absolute Gasteiger partial charge is 0.486 e. The van der Waals surface area contributed by atoms with Gasteiger partial charge in [-0.3, -0.25) is 9.69 Å². The number of fused-ring (bicyclic) bond motifs is 1. The van der Waals surface area contributed by atoms with Crippen molar-refractivity contribution in [3.05, 3.63) is 58.5 Å². The highest BCUT2D eigenvalue weighted by Crippen LogP contribution is 2.31. The highest BCUT2D eigenvalue weighted by molar-refractivity contribution is 5.73. The maximum absolute atomic E-state index is 11.7. The van der Waals surface area contributed by atoms with E-state index < -0.39 is 24.3 Å². The number of aromatic amines is 1. The van der Waals surface area contributed by atoms with Crippen LogP contribution in [0.25, 0.3) is 0 Å². The summed E-state index contributed by atoms with van der Waals surface area (Å²) in [5.41, 5.74) is 0.702. The first-order valence-electron chi connectivity index (χ1n) is 9.45. The number of carbonyl (C=O) groups is 2. The van der Waals surface area contributed by atoms with E-state index in [-0.39, 0.29) is 11.7 Å². The van der Waals surface area contributed by atoms with Gasteiger partial charge >= 0.3 is 24.3 Å². The van der Waals surface area contributed by atoms with E-state index in [2.05, 4.69) is 9.88 Å². The van der Waals surface area contributed by atoms with Crippen molar-refractivity contribution in [1.29, 1.82) is 0 Å². The maximum Gasteiger partial charge on any atom is 0.490 e. The number of aliphatic carboxylic acids is 2. The fourth-order valence-electron chi connectivity index (χ4n) is 2.44. The molecule has 1 aliphatic rings. The van der Waals surface area contributed by atoms with E-state index in [9.17, 15) is 31.1 Å². The van der Waals surface area contributed by atoms with Crippen LogP contribution in [-0.2, 0) is 16.1 Å². The Hall–Kier alpha value is -3.75. The molecule has 0 fully saturated rings. The van der Waals surface area contributed by atoms with Crippen LogP contribution < -0.4 is 15.0 Å². The van der Waals surface area contributed by atoms with Gasteiger partial charge in [-0.15, -0.1) is 0 Å². The van der Waals surface area contributed by atoms with Crippen LogP contribution in [0.2, 0.25) is 0 Å². The fraction of sp³-hybridized carbons (Fsp3) is 0.350. The van der Waals surface area contributed by atoms with E-state index in [1.165, 1.54) is 0 Å². The number of benzene rings is 1. The first-order valence-corrected chi connectivity index (χ1v) is 9.45. The molecule has 1 atom stereocenters. The van der Waals surface area contributed by atoms with Crippen LogP contribution in [0, 0.1) is 0 Å². The first kappa shape index (κ1) is 29.3. The predicted octanol–water partition coefficient (Wildman–Crippen LogP) is 2.91. The molecule has 0 amide bonds. The Morgan fingerprint density at radius 1 is 1.00 bits per heavy atom. The molecule has 15 heteroatoms. The van der Waals surface area contributed by atoms with Crippen LogP contribution in [0.1, 0.15) is 5.56 Å². The second kappa shape index (κ2) is 12.6. The lowest BCUT2D eigenvalue weighted by atomic mass is 10.2. The summed E-state index contributed by atoms with van der Waals surface area (Å²) in [4.78, 5) is 34.2. The number of pyridine rings is 1. The van der Waals surface area contributed by atoms with Crippen molar-refractivity contribution < 1.29 is 55.6 Å². The van der Waals surface area contributed by atoms with E-state index in [1.54, 1.807) is 6.20 Å². The summed E-state index contributed by atoms with van der Waals surface area (Å²) in [7, 11) is 1.97. The van der Waals surface area contributed by atoms with E-state index in [4.69, 9.17) is 29.3 Å². The lowest BCUT2D eigenvalue weighted by Crippen LogP contribution is -2.39. The van der Waals surface area contributed by atoms with E-state index in [0.29, 0.717) is 19.7 Å². The van der Waals surface area contributed by atoms with Gasteiger partial charge in [0, 0.05) is 24.8 Å². The molecule has 1 aromatic heterocycles. The summed E-state index contributed by atoms with van der Waals surface area (Å²) in [5.74, 6) is -3.95. The summed E-state index contributed by atoms with van der Waals surface area (Å²) in [5, 5.41) is 14.2. The number of nitrogens with zero attached hydrogens (tertiary/aromatic N) is 1. The van der Waals surface area contributed by atoms with Crippen LogP contribution in [-0.4, -0.2) is 70.7 Å². The van der Waals surface area contributed by atoms with Gasteiger partial charge in [0.05, 0.1) is 0 Å². The van der Waals surface area contributed by atoms with Crippen molar-refractivity contribution in [2.45, 2.75) is 25.0 Å². The van der Waals surface area contributed by atoms with Gasteiger partial charge in [-0.2, -0.15) is 26.3 Å². The summed E-state index contributed by atoms with van der Waals surface area (Å²) < 4.78 is 75.1. The number of para-hydroxylation sites is 2. The topological polar surface area (TPSA) is 129 Å². The number of halogens is 6. The average molecular weight is 514 g/mol. The van der Waals surface area contributed by atoms with Crippen molar-refractivity contribution in [3.63, 3.8) is 0 Å². The summed E-state index contributed by atoms with van der Waals surface area (Å²) >= 11 is 0. The Morgan fingerprint density at radius 3 is 2.00 bits per heavy atom. The quantitative estimate of drug-likeness (QED) is 0.532. The van der Waals surface area contributed by atoms with Gasteiger partial charge < -0.3 is 24.7 Å². The number of nitrogens with one attached hydrogen (secondary N) is 1. The second-order valence-electron chi connectivity index (χ2n) is 6.82. The molecule has 0 spiro atoms. The molecule has 1 aromatic carbocycles. The molecule has 2 heterocycles. The number of rotatable bonds is 4. The molecular weight excluding hydrogens is 494 g/mol. The number of ether oxygens (including phenoxy) is 2. The van der Waals surface area contributed by atoms with Gasteiger partial charge in [-0.05, 0) is 25.2 Å². The molecule has 0 saturated carbocycles. The van der Waals surface area contributed by atoms with E-state index >= 15 is 0 Å². The van der Waals surface area contributed by atoms with Gasteiger partial charge in [-0.25, -0.2) is 9.59 Å². The molecule has 3 N–H and O–H groups in total. The molecule has 1 aliphatic heterocycles. The number of carboxylic acid groups (broad SMARTS) is 2. The molecule has 9 nitrogen and oxygen atoms in total. The SMILES string of the molecule is CN(Cc1ccc[nH]c1=O)CC1COc2ccccc2O1.O=C(O)C(F)(F)F.O=C(O)C(F)(F)F. The number of likely N-dealkylation sites (N-methyl/N-ethyl adjacent to an activating group) is 1. The van der Waals surface area contributed by atoms with Crippen molar-refractivity contribution in [1.82, 2.24) is 9.88 Å². The van der Waals surface area contributed by atoms with Gasteiger partial charge in [-0.1, -0.05) is 18.2 Å². The standard InChI is InChI=1S/C16H18N2O3.2C2HF3O2/c1-18(9-12-5-4-8-17-16(12)19)10-13-11-20-14-6-2-3-7-15(14)21-13;2*3-2(4,5)1(6)7/h2-8,13H,9-11H2,1H3,(H,17,19);2*(H,6,7). The number of carboxylic acids is 2. The third-order valence-electron chi connectivity index (χ3n) is 3.91. The van der Waals surface area contributed by atoms with E-state index in [1.807, 2.05) is 43.4 Å². The first-order chi connectivity index (χ1) is 16.1. The van der Waals surface area contributed by atoms with Gasteiger partial charge in [0.15, 0.2) is 11.5 Å². The normalized spacial score (nSPS) is 14.7. The highest BCUT2D eigenvalue weighted by atomic mass is 19.4. The lowest BCUT2D eigenvalue weighted by molar-refractivity contribution is -0.193. The molecule has 1 unspecified atom stereocenters. The van der Waals surface area contributed by atoms with Crippen LogP contribution in [0.4, 0.5) is 26.3 Å². The van der Waals surface area contributed by atoms with Gasteiger partial charge in [0.1, 0.15) is 12.7 Å². The molecule has 0 aliphatic carbocycles. The minimum atomic E-state index is -5.08. The predicted molar refractivity (Wildman–Crippen MR) is 107 cm³/mol. The zero-order chi connectivity index (χ0) is 26.8. The third kappa shape index (κ3) is 10.8. The van der Waals surface area contributed by atoms with E-state index in [0.717, 1.165) is 17.1 Å². The summed E-state index contributed by atoms with van der Waals surface area (Å²) in [6, 6.07) is 11.3. The molecule has 0 saturated heterocycles. The van der Waals surface area contributed by atoms with Crippen LogP contribution in [0.15, 0.2) is 47.4 Å². The minimum Gasteiger partial charge on any atom is -0.486 e. The Labute approximate surface area is 193 Å². The number of aromatic nitrogens is 1. The number of alkyl halides is 6. The summed E-state index contributed by atoms with van der Waals surface area (Å²) in [6.45, 7) is 1.80. The van der Waals surface area contributed by atoms with Crippen LogP contribution in [0.5, 0.6) is 11.5 Å². The molecule has 35 heavy (non-hydrogen) atoms. The molecule has 0 bridgehead atoms. The average Bonchev–Trinajstić information content (AvgIpc) is 2.75. The van der Waals surface area contributed by atoms with Gasteiger partial charge in [0.2, 0.25) is 0 Å². The van der Waals surface area contributed by atoms with Crippen molar-refractivity contribution in [2.24, 2.45) is 0 Å². The molecular formula is C20H20F6N2O7. The largest absolute Gasteiger partial charge is 0.490 e. The lowest BCUT2D eigenvalue weighted by Gasteiger charge is -2.29. The minimum absolute atomic E-state index is 0.0345. The van der Waals surface area contributed by atoms with Gasteiger partial charge in [0.25, 0.3) is 5.56 Å². The zero-order valence-corrected chi connectivity index (χ0v) is 17.9. The summed E-state index contributed by atoms with van der Waals surface area (Å²) in [6.07, 6.45) is -8.56. The Bertz CT molecular complexity index is 1020. The fourth-order valence-corrected chi connectivity index (χ4v) is 2.44. The maximum atomic E-state index is 11.7. The zero-order valence-electron chi connectivity index (χ0n) is 17.9. The number of H-pyrrole nitrogens is 1. The van der Waals surface area contributed by atoms with Crippen LogP contribution >= 0.6 is 0 Å². The van der Waals surface area contributed by atoms with Crippen molar-refractivity contribution in [2.75, 3.05) is 20.2 Å². The molecule has 3 rings (SSSR count). The third-order valence-corrected chi connectivity index (χ3v) is 3.91. The molecule has 0 radical (unpaired) electrons. The number of hydrogen-bond acceptors (Lipinski definition) is 6. The Balaban J connectivity index is 0.000000362. The van der Waals surface area contributed by atoms with Crippen molar-refractivity contribution in [3.8, 4) is 11.5 Å². The van der Waals surface area contributed by atoms with Crippen LogP contribution in [0.3, 0.4) is 0 Å². The highest BCUT2D eigenvalue weighted by Gasteiger charge is 2.38. The monoisotopic (exact) mass is 514 g/mol. The molecule has 194 valence electrons. The Kier molecular flexibility index (Phi) is 10.6. The second-order valence-corrected chi connectivity index (χ2v) is 6.82. The Morgan fingerprint density at radius 2 is 1.51 bits per heavy atom.